The van der Waals surface area contributed by atoms with Crippen LogP contribution in [0.1, 0.15) is 57.7 Å². The summed E-state index contributed by atoms with van der Waals surface area (Å²) in [6.07, 6.45) is 6.00. The molecule has 0 spiro atoms. The number of fused-ring (bicyclic) bond motifs is 1. The quantitative estimate of drug-likeness (QED) is 0.543. The molecule has 4 rings (SSSR count). The first-order valence-electron chi connectivity index (χ1n) is 12.7. The molecule has 2 heterocycles. The second-order valence-electron chi connectivity index (χ2n) is 10.3. The molecule has 1 saturated heterocycles. The average Bonchev–Trinajstić information content (AvgIpc) is 3.29. The number of aryl methyl sites for hydroxylation is 1. The molecule has 0 saturated carbocycles. The Morgan fingerprint density at radius 3 is 2.80 bits per heavy atom. The van der Waals surface area contributed by atoms with Crippen LogP contribution < -0.4 is 15.0 Å². The number of hydrogen-bond acceptors (Lipinski definition) is 7. The van der Waals surface area contributed by atoms with E-state index in [-0.39, 0.29) is 24.3 Å². The van der Waals surface area contributed by atoms with Crippen molar-refractivity contribution < 1.29 is 19.0 Å². The van der Waals surface area contributed by atoms with Gasteiger partial charge in [-0.25, -0.2) is 9.97 Å². The maximum Gasteiger partial charge on any atom is 0.239 e. The zero-order valence-corrected chi connectivity index (χ0v) is 21.4. The molecule has 35 heavy (non-hydrogen) atoms. The van der Waals surface area contributed by atoms with Crippen molar-refractivity contribution in [1.82, 2.24) is 15.3 Å². The van der Waals surface area contributed by atoms with E-state index in [2.05, 4.69) is 5.32 Å². The molecule has 2 aromatic rings. The molecule has 190 valence electrons. The number of anilines is 1. The summed E-state index contributed by atoms with van der Waals surface area (Å²) in [5, 5.41) is 3.03. The molecule has 2 aliphatic rings. The highest BCUT2D eigenvalue weighted by Gasteiger charge is 2.24. The van der Waals surface area contributed by atoms with Crippen molar-refractivity contribution in [1.29, 1.82) is 0 Å². The normalized spacial score (nSPS) is 17.7. The lowest BCUT2D eigenvalue weighted by Crippen LogP contribution is -2.45. The minimum Gasteiger partial charge on any atom is -0.491 e. The van der Waals surface area contributed by atoms with Gasteiger partial charge in [0.15, 0.2) is 12.1 Å². The fourth-order valence-electron chi connectivity index (χ4n) is 4.51. The van der Waals surface area contributed by atoms with Crippen LogP contribution in [-0.4, -0.2) is 61.1 Å². The molecule has 1 amide bonds. The Balaban J connectivity index is 1.44. The molecule has 1 aromatic carbocycles. The lowest BCUT2D eigenvalue weighted by Gasteiger charge is -2.25. The number of nitrogens with zero attached hydrogens (tertiary/aromatic N) is 3. The molecule has 8 heteroatoms. The lowest BCUT2D eigenvalue weighted by molar-refractivity contribution is -0.165. The molecule has 1 fully saturated rings. The van der Waals surface area contributed by atoms with Crippen molar-refractivity contribution in [3.05, 3.63) is 35.5 Å². The van der Waals surface area contributed by atoms with Crippen molar-refractivity contribution in [2.45, 2.75) is 71.1 Å². The number of hydrogen-bond donors (Lipinski definition) is 1. The van der Waals surface area contributed by atoms with E-state index in [1.54, 1.807) is 0 Å². The first-order chi connectivity index (χ1) is 16.8. The van der Waals surface area contributed by atoms with Gasteiger partial charge in [0, 0.05) is 36.0 Å². The van der Waals surface area contributed by atoms with Crippen LogP contribution in [0, 0.1) is 0 Å². The number of likely N-dealkylation sites (N-methyl/N-ethyl adjacent to an activating group) is 1. The van der Waals surface area contributed by atoms with Crippen LogP contribution >= 0.6 is 0 Å². The van der Waals surface area contributed by atoms with Crippen molar-refractivity contribution in [3.8, 4) is 17.1 Å². The van der Waals surface area contributed by atoms with Crippen LogP contribution in [0.25, 0.3) is 11.4 Å². The van der Waals surface area contributed by atoms with Gasteiger partial charge < -0.3 is 24.4 Å². The Morgan fingerprint density at radius 2 is 2.03 bits per heavy atom. The average molecular weight is 483 g/mol. The van der Waals surface area contributed by atoms with Crippen LogP contribution in [0.15, 0.2) is 24.3 Å². The molecule has 1 unspecified atom stereocenters. The van der Waals surface area contributed by atoms with E-state index < -0.39 is 0 Å². The highest BCUT2D eigenvalue weighted by atomic mass is 16.7. The van der Waals surface area contributed by atoms with E-state index in [1.807, 2.05) is 57.0 Å². The fraction of sp³-hybridized carbons (Fsp3) is 0.593. The standard InChI is InChI=1S/C27H38N4O4/c1-27(2,3)30-23(32)18-31(4)26-21-11-8-12-22(21)28-25(29-26)19-9-7-10-20(17-19)33-15-16-35-24-13-5-6-14-34-24/h7,9-10,17,24H,5-6,8,11-16,18H2,1-4H3,(H,30,32). The van der Waals surface area contributed by atoms with Gasteiger partial charge in [0.2, 0.25) is 5.91 Å². The number of nitrogens with one attached hydrogen (secondary N) is 1. The van der Waals surface area contributed by atoms with E-state index in [0.29, 0.717) is 19.0 Å². The fourth-order valence-corrected chi connectivity index (χ4v) is 4.51. The largest absolute Gasteiger partial charge is 0.491 e. The van der Waals surface area contributed by atoms with Crippen molar-refractivity contribution in [2.75, 3.05) is 38.3 Å². The van der Waals surface area contributed by atoms with Gasteiger partial charge in [-0.05, 0) is 71.4 Å². The Kier molecular flexibility index (Phi) is 8.23. The molecule has 0 radical (unpaired) electrons. The summed E-state index contributed by atoms with van der Waals surface area (Å²) in [5.41, 5.74) is 2.84. The third kappa shape index (κ3) is 7.15. The second kappa shape index (κ2) is 11.4. The Labute approximate surface area is 208 Å². The van der Waals surface area contributed by atoms with E-state index in [9.17, 15) is 4.79 Å². The SMILES string of the molecule is CN(CC(=O)NC(C)(C)C)c1nc(-c2cccc(OCCOC3CCCCO3)c2)nc2c1CCC2. The van der Waals surface area contributed by atoms with Crippen LogP contribution in [-0.2, 0) is 27.1 Å². The van der Waals surface area contributed by atoms with Crippen LogP contribution in [0.3, 0.4) is 0 Å². The first-order valence-corrected chi connectivity index (χ1v) is 12.7. The minimum atomic E-state index is -0.272. The third-order valence-corrected chi connectivity index (χ3v) is 6.05. The summed E-state index contributed by atoms with van der Waals surface area (Å²) in [4.78, 5) is 24.2. The summed E-state index contributed by atoms with van der Waals surface area (Å²) in [7, 11) is 1.92. The Hall–Kier alpha value is -2.71. The maximum absolute atomic E-state index is 12.5. The van der Waals surface area contributed by atoms with Gasteiger partial charge in [-0.2, -0.15) is 0 Å². The number of aromatic nitrogens is 2. The first kappa shape index (κ1) is 25.4. The number of rotatable bonds is 9. The smallest absolute Gasteiger partial charge is 0.239 e. The summed E-state index contributed by atoms with van der Waals surface area (Å²) in [6, 6.07) is 7.83. The monoisotopic (exact) mass is 482 g/mol. The van der Waals surface area contributed by atoms with E-state index in [0.717, 1.165) is 73.5 Å². The summed E-state index contributed by atoms with van der Waals surface area (Å²) in [5.74, 6) is 2.21. The number of carbonyl (C=O) groups excluding carboxylic acids is 1. The summed E-state index contributed by atoms with van der Waals surface area (Å²) < 4.78 is 17.3. The van der Waals surface area contributed by atoms with Gasteiger partial charge in [-0.3, -0.25) is 4.79 Å². The highest BCUT2D eigenvalue weighted by Crippen LogP contribution is 2.32. The van der Waals surface area contributed by atoms with Gasteiger partial charge in [0.05, 0.1) is 13.2 Å². The summed E-state index contributed by atoms with van der Waals surface area (Å²) in [6.45, 7) is 7.89. The van der Waals surface area contributed by atoms with E-state index >= 15 is 0 Å². The van der Waals surface area contributed by atoms with Gasteiger partial charge in [0.1, 0.15) is 18.2 Å². The zero-order valence-electron chi connectivity index (χ0n) is 21.4. The molecule has 1 N–H and O–H groups in total. The lowest BCUT2D eigenvalue weighted by atomic mass is 10.1. The molecule has 1 aliphatic carbocycles. The van der Waals surface area contributed by atoms with Gasteiger partial charge in [0.25, 0.3) is 0 Å². The van der Waals surface area contributed by atoms with Crippen molar-refractivity contribution >= 4 is 11.7 Å². The molecule has 1 aliphatic heterocycles. The van der Waals surface area contributed by atoms with Crippen LogP contribution in [0.2, 0.25) is 0 Å². The number of carbonyl (C=O) groups is 1. The van der Waals surface area contributed by atoms with Gasteiger partial charge in [-0.15, -0.1) is 0 Å². The Morgan fingerprint density at radius 1 is 1.17 bits per heavy atom. The van der Waals surface area contributed by atoms with E-state index in [1.165, 1.54) is 0 Å². The van der Waals surface area contributed by atoms with E-state index in [4.69, 9.17) is 24.2 Å². The summed E-state index contributed by atoms with van der Waals surface area (Å²) >= 11 is 0. The number of ether oxygens (including phenoxy) is 3. The van der Waals surface area contributed by atoms with Gasteiger partial charge in [-0.1, -0.05) is 12.1 Å². The predicted octanol–water partition coefficient (Wildman–Crippen LogP) is 3.91. The van der Waals surface area contributed by atoms with Gasteiger partial charge >= 0.3 is 0 Å². The van der Waals surface area contributed by atoms with Crippen LogP contribution in [0.4, 0.5) is 5.82 Å². The Bertz CT molecular complexity index is 1010. The van der Waals surface area contributed by atoms with Crippen molar-refractivity contribution in [2.24, 2.45) is 0 Å². The molecule has 1 atom stereocenters. The number of benzene rings is 1. The third-order valence-electron chi connectivity index (χ3n) is 6.05. The van der Waals surface area contributed by atoms with Crippen LogP contribution in [0.5, 0.6) is 5.75 Å². The molecular weight excluding hydrogens is 444 g/mol. The molecule has 0 bridgehead atoms. The molecule has 1 aromatic heterocycles. The minimum absolute atomic E-state index is 0.0249. The topological polar surface area (TPSA) is 85.8 Å². The predicted molar refractivity (Wildman–Crippen MR) is 136 cm³/mol. The zero-order chi connectivity index (χ0) is 24.8. The second-order valence-corrected chi connectivity index (χ2v) is 10.3. The number of amides is 1. The highest BCUT2D eigenvalue weighted by molar-refractivity contribution is 5.82. The molecule has 8 nitrogen and oxygen atoms in total. The van der Waals surface area contributed by atoms with Crippen molar-refractivity contribution in [3.63, 3.8) is 0 Å². The molecular formula is C27H38N4O4. The maximum atomic E-state index is 12.5.